The molecule has 5 nitrogen and oxygen atoms in total. The van der Waals surface area contributed by atoms with Crippen LogP contribution < -0.4 is 4.72 Å². The summed E-state index contributed by atoms with van der Waals surface area (Å²) in [6.07, 6.45) is 4.33. The molecule has 2 heterocycles. The normalized spacial score (nSPS) is 33.0. The molecule has 5 atom stereocenters. The van der Waals surface area contributed by atoms with Crippen LogP contribution in [0.15, 0.2) is 48.7 Å². The van der Waals surface area contributed by atoms with E-state index >= 15 is 0 Å². The van der Waals surface area contributed by atoms with Crippen molar-refractivity contribution in [1.82, 2.24) is 9.71 Å². The van der Waals surface area contributed by atoms with E-state index < -0.39 is 50.9 Å². The third-order valence-electron chi connectivity index (χ3n) is 7.08. The Bertz CT molecular complexity index is 1200. The summed E-state index contributed by atoms with van der Waals surface area (Å²) >= 11 is 0. The summed E-state index contributed by atoms with van der Waals surface area (Å²) in [5, 5.41) is 9.29. The largest absolute Gasteiger partial charge is 0.256 e. The number of halogens is 2. The number of hydrogen-bond acceptors (Lipinski definition) is 4. The second-order valence-corrected chi connectivity index (χ2v) is 11.2. The summed E-state index contributed by atoms with van der Waals surface area (Å²) < 4.78 is 56.1. The van der Waals surface area contributed by atoms with Gasteiger partial charge in [-0.25, -0.2) is 21.9 Å². The molecule has 1 saturated heterocycles. The lowest BCUT2D eigenvalue weighted by atomic mass is 9.63. The number of allylic oxidation sites excluding steroid dienone is 1. The first-order valence-corrected chi connectivity index (χ1v) is 12.0. The van der Waals surface area contributed by atoms with Crippen LogP contribution in [0.4, 0.5) is 8.78 Å². The maximum absolute atomic E-state index is 14.9. The molecule has 0 radical (unpaired) electrons. The van der Waals surface area contributed by atoms with E-state index in [1.54, 1.807) is 43.5 Å². The molecule has 1 aromatic heterocycles. The first-order valence-electron chi connectivity index (χ1n) is 10.5. The van der Waals surface area contributed by atoms with Gasteiger partial charge in [-0.3, -0.25) is 4.98 Å². The number of aromatic nitrogens is 1. The van der Waals surface area contributed by atoms with Crippen molar-refractivity contribution in [2.24, 2.45) is 17.8 Å². The van der Waals surface area contributed by atoms with Gasteiger partial charge in [-0.05, 0) is 38.0 Å². The molecule has 8 heteroatoms. The second kappa shape index (κ2) is 7.75. The molecular weight excluding hydrogens is 432 g/mol. The van der Waals surface area contributed by atoms with Crippen molar-refractivity contribution in [3.05, 3.63) is 59.9 Å². The highest BCUT2D eigenvalue weighted by molar-refractivity contribution is 7.91. The lowest BCUT2D eigenvalue weighted by Gasteiger charge is -2.47. The summed E-state index contributed by atoms with van der Waals surface area (Å²) in [4.78, 5) is 4.41. The van der Waals surface area contributed by atoms with Crippen LogP contribution in [0.2, 0.25) is 0 Å². The minimum Gasteiger partial charge on any atom is -0.256 e. The summed E-state index contributed by atoms with van der Waals surface area (Å²) in [5.74, 6) is -5.21. The molecule has 32 heavy (non-hydrogen) atoms. The highest BCUT2D eigenvalue weighted by atomic mass is 32.2. The minimum atomic E-state index is -3.85. The number of fused-ring (bicyclic) bond motifs is 1. The topological polar surface area (TPSA) is 82.9 Å². The van der Waals surface area contributed by atoms with Crippen LogP contribution in [-0.2, 0) is 10.0 Å². The maximum atomic E-state index is 14.9. The molecule has 1 aromatic carbocycles. The predicted molar refractivity (Wildman–Crippen MR) is 119 cm³/mol. The highest BCUT2D eigenvalue weighted by Gasteiger charge is 2.66. The van der Waals surface area contributed by atoms with Crippen LogP contribution in [-0.4, -0.2) is 30.1 Å². The number of pyridine rings is 1. The van der Waals surface area contributed by atoms with Gasteiger partial charge in [0.15, 0.2) is 0 Å². The number of rotatable bonds is 3. The summed E-state index contributed by atoms with van der Waals surface area (Å²) in [5.41, 5.74) is 2.67. The first-order chi connectivity index (χ1) is 15.0. The number of nitrogens with zero attached hydrogens (tertiary/aromatic N) is 2. The van der Waals surface area contributed by atoms with Gasteiger partial charge in [0.2, 0.25) is 10.0 Å². The van der Waals surface area contributed by atoms with Gasteiger partial charge in [-0.1, -0.05) is 37.3 Å². The zero-order chi connectivity index (χ0) is 23.3. The minimum absolute atomic E-state index is 0.434. The van der Waals surface area contributed by atoms with Gasteiger partial charge >= 0.3 is 0 Å². The first kappa shape index (κ1) is 22.6. The summed E-state index contributed by atoms with van der Waals surface area (Å²) in [6.45, 7) is 4.66. The zero-order valence-corrected chi connectivity index (χ0v) is 18.9. The van der Waals surface area contributed by atoms with Crippen molar-refractivity contribution in [1.29, 1.82) is 5.26 Å². The van der Waals surface area contributed by atoms with Crippen LogP contribution in [0.3, 0.4) is 0 Å². The van der Waals surface area contributed by atoms with Crippen molar-refractivity contribution >= 4 is 16.1 Å². The molecule has 2 aliphatic rings. The Hall–Kier alpha value is -2.63. The van der Waals surface area contributed by atoms with E-state index in [-0.39, 0.29) is 0 Å². The van der Waals surface area contributed by atoms with E-state index in [1.165, 1.54) is 13.8 Å². The van der Waals surface area contributed by atoms with Gasteiger partial charge in [0.1, 0.15) is 0 Å². The van der Waals surface area contributed by atoms with Gasteiger partial charge in [0, 0.05) is 41.6 Å². The number of sulfonamides is 1. The Balaban J connectivity index is 1.65. The molecule has 2 aromatic rings. The number of hydrogen-bond donors (Lipinski definition) is 1. The van der Waals surface area contributed by atoms with Crippen LogP contribution in [0.5, 0.6) is 0 Å². The van der Waals surface area contributed by atoms with Crippen molar-refractivity contribution in [3.63, 3.8) is 0 Å². The van der Waals surface area contributed by atoms with E-state index in [0.29, 0.717) is 11.3 Å². The number of benzene rings is 1. The molecule has 4 rings (SSSR count). The quantitative estimate of drug-likeness (QED) is 0.729. The van der Waals surface area contributed by atoms with Gasteiger partial charge < -0.3 is 0 Å². The van der Waals surface area contributed by atoms with Crippen molar-refractivity contribution in [2.45, 2.75) is 43.9 Å². The molecule has 0 amide bonds. The second-order valence-electron chi connectivity index (χ2n) is 9.04. The van der Waals surface area contributed by atoms with Crippen molar-refractivity contribution in [3.8, 4) is 17.2 Å². The van der Waals surface area contributed by atoms with Crippen LogP contribution >= 0.6 is 0 Å². The Morgan fingerprint density at radius 2 is 1.94 bits per heavy atom. The summed E-state index contributed by atoms with van der Waals surface area (Å²) in [7, 11) is -3.85. The molecule has 0 unspecified atom stereocenters. The van der Waals surface area contributed by atoms with Crippen LogP contribution in [0.25, 0.3) is 17.2 Å². The standard InChI is InChI=1S/C24H25F2N3O2S/c1-15-20(22-16(2)29-32(30,31)23(22,3)14-24(15,25)26)11-10-19-9-8-18(13-28-19)21-7-5-4-6-17(21)12-27/h4-11,13,15-16,20,22,29H,14H2,1-3H3/b11-10+/t15-,16+,20-,22-,23+/m0/s1. The Kier molecular flexibility index (Phi) is 5.46. The Labute approximate surface area is 187 Å². The average Bonchev–Trinajstić information content (AvgIpc) is 2.91. The van der Waals surface area contributed by atoms with E-state index in [1.807, 2.05) is 18.2 Å². The third kappa shape index (κ3) is 3.54. The number of alkyl halides is 2. The third-order valence-corrected chi connectivity index (χ3v) is 9.40. The fourth-order valence-corrected chi connectivity index (χ4v) is 7.33. The van der Waals surface area contributed by atoms with Crippen molar-refractivity contribution < 1.29 is 17.2 Å². The molecule has 1 aliphatic carbocycles. The van der Waals surface area contributed by atoms with E-state index in [0.717, 1.165) is 11.1 Å². The fourth-order valence-electron chi connectivity index (χ4n) is 5.33. The maximum Gasteiger partial charge on any atom is 0.252 e. The van der Waals surface area contributed by atoms with Crippen LogP contribution in [0.1, 0.15) is 38.4 Å². The smallest absolute Gasteiger partial charge is 0.252 e. The van der Waals surface area contributed by atoms with E-state index in [2.05, 4.69) is 15.8 Å². The van der Waals surface area contributed by atoms with Gasteiger partial charge in [-0.2, -0.15) is 5.26 Å². The SMILES string of the molecule is C[C@H]1NS(=O)(=O)[C@]2(C)CC(F)(F)[C@@H](C)[C@H](/C=C/c3ccc(-c4ccccc4C#N)cn3)[C@H]12. The summed E-state index contributed by atoms with van der Waals surface area (Å²) in [6, 6.07) is 12.5. The fraction of sp³-hybridized carbons (Fsp3) is 0.417. The average molecular weight is 458 g/mol. The molecule has 0 bridgehead atoms. The highest BCUT2D eigenvalue weighted by Crippen LogP contribution is 2.56. The monoisotopic (exact) mass is 457 g/mol. The van der Waals surface area contributed by atoms with Gasteiger partial charge in [-0.15, -0.1) is 0 Å². The molecule has 0 spiro atoms. The predicted octanol–water partition coefficient (Wildman–Crippen LogP) is 4.62. The Morgan fingerprint density at radius 1 is 1.22 bits per heavy atom. The number of nitriles is 1. The van der Waals surface area contributed by atoms with Crippen LogP contribution in [0, 0.1) is 29.1 Å². The Morgan fingerprint density at radius 3 is 2.59 bits per heavy atom. The molecule has 168 valence electrons. The molecule has 2 fully saturated rings. The molecule has 1 saturated carbocycles. The molecular formula is C24H25F2N3O2S. The van der Waals surface area contributed by atoms with E-state index in [4.69, 9.17) is 0 Å². The zero-order valence-electron chi connectivity index (χ0n) is 18.1. The van der Waals surface area contributed by atoms with Gasteiger partial charge in [0.25, 0.3) is 5.92 Å². The number of nitrogens with one attached hydrogen (secondary N) is 1. The molecule has 1 N–H and O–H groups in total. The van der Waals surface area contributed by atoms with E-state index in [9.17, 15) is 22.5 Å². The van der Waals surface area contributed by atoms with Crippen molar-refractivity contribution in [2.75, 3.05) is 0 Å². The molecule has 1 aliphatic heterocycles. The lowest BCUT2D eigenvalue weighted by Crippen LogP contribution is -2.56. The van der Waals surface area contributed by atoms with Gasteiger partial charge in [0.05, 0.1) is 22.1 Å². The lowest BCUT2D eigenvalue weighted by molar-refractivity contribution is -0.121.